The summed E-state index contributed by atoms with van der Waals surface area (Å²) in [6.07, 6.45) is 1.71. The Morgan fingerprint density at radius 2 is 1.91 bits per heavy atom. The van der Waals surface area contributed by atoms with Gasteiger partial charge in [0.1, 0.15) is 18.4 Å². The summed E-state index contributed by atoms with van der Waals surface area (Å²) in [5.74, 6) is -0.0979. The maximum atomic E-state index is 14.0. The number of nitro benzene ring substituents is 1. The second kappa shape index (κ2) is 13.0. The smallest absolute Gasteiger partial charge is 0.338 e. The third kappa shape index (κ3) is 6.37. The molecular weight excluding hydrogens is 726 g/mol. The molecule has 0 amide bonds. The molecule has 0 spiro atoms. The highest BCUT2D eigenvalue weighted by Gasteiger charge is 2.34. The van der Waals surface area contributed by atoms with Crippen LogP contribution in [-0.4, -0.2) is 22.1 Å². The molecule has 43 heavy (non-hydrogen) atoms. The molecule has 0 aliphatic carbocycles. The Hall–Kier alpha value is -3.58. The van der Waals surface area contributed by atoms with Crippen molar-refractivity contribution in [2.75, 3.05) is 6.61 Å². The zero-order chi connectivity index (χ0) is 30.8. The van der Waals surface area contributed by atoms with Gasteiger partial charge in [0.05, 0.1) is 31.8 Å². The summed E-state index contributed by atoms with van der Waals surface area (Å²) in [7, 11) is 0. The van der Waals surface area contributed by atoms with Crippen LogP contribution in [0.5, 0.6) is 5.75 Å². The van der Waals surface area contributed by atoms with E-state index in [0.717, 1.165) is 10.0 Å². The van der Waals surface area contributed by atoms with E-state index in [2.05, 4.69) is 36.9 Å². The number of benzene rings is 3. The van der Waals surface area contributed by atoms with Crippen molar-refractivity contribution in [3.63, 3.8) is 0 Å². The first-order valence-electron chi connectivity index (χ1n) is 12.9. The minimum absolute atomic E-state index is 0.0129. The molecule has 0 unspecified atom stereocenters. The first kappa shape index (κ1) is 30.9. The molecule has 13 heteroatoms. The molecule has 0 bridgehead atoms. The number of nitrogens with zero attached hydrogens (tertiary/aromatic N) is 3. The molecular formula is C30H22Br2ClN3O6S. The predicted octanol–water partition coefficient (Wildman–Crippen LogP) is 6.46. The average molecular weight is 748 g/mol. The van der Waals surface area contributed by atoms with Crippen LogP contribution in [0.4, 0.5) is 5.69 Å². The lowest BCUT2D eigenvalue weighted by atomic mass is 9.96. The second-order valence-electron chi connectivity index (χ2n) is 9.34. The van der Waals surface area contributed by atoms with E-state index in [-0.39, 0.29) is 30.0 Å². The molecule has 2 heterocycles. The van der Waals surface area contributed by atoms with Gasteiger partial charge in [0.2, 0.25) is 0 Å². The van der Waals surface area contributed by atoms with Crippen LogP contribution in [0.3, 0.4) is 0 Å². The van der Waals surface area contributed by atoms with Gasteiger partial charge in [-0.2, -0.15) is 0 Å². The Morgan fingerprint density at radius 1 is 1.19 bits per heavy atom. The number of hydrogen-bond donors (Lipinski definition) is 0. The maximum Gasteiger partial charge on any atom is 0.338 e. The summed E-state index contributed by atoms with van der Waals surface area (Å²) in [6, 6.07) is 15.9. The van der Waals surface area contributed by atoms with Crippen molar-refractivity contribution in [2.24, 2.45) is 4.99 Å². The normalized spacial score (nSPS) is 14.7. The van der Waals surface area contributed by atoms with E-state index in [1.54, 1.807) is 56.3 Å². The van der Waals surface area contributed by atoms with Crippen LogP contribution >= 0.6 is 54.8 Å². The van der Waals surface area contributed by atoms with Gasteiger partial charge in [-0.1, -0.05) is 57.1 Å². The van der Waals surface area contributed by atoms with Crippen LogP contribution in [0.2, 0.25) is 5.02 Å². The van der Waals surface area contributed by atoms with Gasteiger partial charge in [-0.25, -0.2) is 9.79 Å². The largest absolute Gasteiger partial charge is 0.487 e. The number of rotatable bonds is 8. The summed E-state index contributed by atoms with van der Waals surface area (Å²) >= 11 is 14.8. The van der Waals surface area contributed by atoms with Crippen molar-refractivity contribution in [3.8, 4) is 5.75 Å². The zero-order valence-electron chi connectivity index (χ0n) is 22.7. The van der Waals surface area contributed by atoms with Gasteiger partial charge in [-0.05, 0) is 77.3 Å². The number of thiazole rings is 1. The molecule has 3 aromatic carbocycles. The summed E-state index contributed by atoms with van der Waals surface area (Å²) in [5, 5.41) is 11.4. The van der Waals surface area contributed by atoms with Gasteiger partial charge < -0.3 is 9.47 Å². The van der Waals surface area contributed by atoms with E-state index in [0.29, 0.717) is 41.4 Å². The van der Waals surface area contributed by atoms with Gasteiger partial charge in [0.15, 0.2) is 4.80 Å². The third-order valence-electron chi connectivity index (χ3n) is 6.57. The molecule has 0 saturated heterocycles. The van der Waals surface area contributed by atoms with E-state index in [1.807, 2.05) is 12.1 Å². The van der Waals surface area contributed by atoms with Crippen LogP contribution in [-0.2, 0) is 16.1 Å². The average Bonchev–Trinajstić information content (AvgIpc) is 3.26. The molecule has 0 N–H and O–H groups in total. The molecule has 1 aromatic heterocycles. The van der Waals surface area contributed by atoms with Crippen LogP contribution in [0, 0.1) is 10.1 Å². The highest BCUT2D eigenvalue weighted by atomic mass is 79.9. The molecule has 0 saturated carbocycles. The van der Waals surface area contributed by atoms with Gasteiger partial charge in [0, 0.05) is 27.2 Å². The number of halogens is 3. The molecule has 1 aliphatic heterocycles. The van der Waals surface area contributed by atoms with E-state index in [4.69, 9.17) is 21.1 Å². The fraction of sp³-hybridized carbons (Fsp3) is 0.167. The number of carbonyl (C=O) groups excluding carboxylic acids is 1. The van der Waals surface area contributed by atoms with E-state index in [9.17, 15) is 19.7 Å². The third-order valence-corrected chi connectivity index (χ3v) is 8.94. The lowest BCUT2D eigenvalue weighted by Gasteiger charge is -2.25. The summed E-state index contributed by atoms with van der Waals surface area (Å²) in [4.78, 5) is 42.7. The molecule has 0 radical (unpaired) electrons. The predicted molar refractivity (Wildman–Crippen MR) is 171 cm³/mol. The first-order chi connectivity index (χ1) is 20.6. The monoisotopic (exact) mass is 745 g/mol. The van der Waals surface area contributed by atoms with E-state index < -0.39 is 16.9 Å². The molecule has 220 valence electrons. The van der Waals surface area contributed by atoms with E-state index in [1.165, 1.54) is 28.0 Å². The van der Waals surface area contributed by atoms with Crippen LogP contribution in [0.15, 0.2) is 90.7 Å². The van der Waals surface area contributed by atoms with Gasteiger partial charge >= 0.3 is 5.97 Å². The number of fused-ring (bicyclic) bond motifs is 1. The Morgan fingerprint density at radius 3 is 2.58 bits per heavy atom. The fourth-order valence-electron chi connectivity index (χ4n) is 4.63. The number of esters is 1. The summed E-state index contributed by atoms with van der Waals surface area (Å²) < 4.78 is 14.7. The van der Waals surface area contributed by atoms with Gasteiger partial charge in [0.25, 0.3) is 11.2 Å². The van der Waals surface area contributed by atoms with Crippen molar-refractivity contribution < 1.29 is 19.2 Å². The topological polar surface area (TPSA) is 113 Å². The van der Waals surface area contributed by atoms with Crippen LogP contribution in [0.1, 0.15) is 36.6 Å². The quantitative estimate of drug-likeness (QED) is 0.116. The number of non-ortho nitro benzene ring substituents is 1. The van der Waals surface area contributed by atoms with Gasteiger partial charge in [-0.15, -0.1) is 0 Å². The minimum Gasteiger partial charge on any atom is -0.487 e. The zero-order valence-corrected chi connectivity index (χ0v) is 27.4. The molecule has 1 aliphatic rings. The number of allylic oxidation sites excluding steroid dienone is 1. The Balaban J connectivity index is 1.62. The number of hydrogen-bond acceptors (Lipinski definition) is 8. The molecule has 0 fully saturated rings. The molecule has 1 atom stereocenters. The molecule has 9 nitrogen and oxygen atoms in total. The lowest BCUT2D eigenvalue weighted by Crippen LogP contribution is -2.40. The highest BCUT2D eigenvalue weighted by Crippen LogP contribution is 2.36. The number of carbonyl (C=O) groups is 1. The number of ether oxygens (including phenoxy) is 2. The molecule has 4 aromatic rings. The van der Waals surface area contributed by atoms with E-state index >= 15 is 0 Å². The standard InChI is InChI=1S/C30H22Br2ClN3O6S/c1-3-41-29(38)25-16(2)34-30-35(26(25)21-6-4-5-7-23(21)33)28(37)24(43-30)13-18-12-19(31)14-22(32)27(18)42-15-17-8-10-20(11-9-17)36(39)40/h4-14,26H,3,15H2,1-2H3/b24-13-/t26-/m1/s1. The first-order valence-corrected chi connectivity index (χ1v) is 15.7. The number of nitro groups is 1. The Labute approximate surface area is 271 Å². The highest BCUT2D eigenvalue weighted by molar-refractivity contribution is 9.11. The maximum absolute atomic E-state index is 14.0. The van der Waals surface area contributed by atoms with Crippen molar-refractivity contribution >= 4 is 72.5 Å². The van der Waals surface area contributed by atoms with Gasteiger partial charge in [-0.3, -0.25) is 19.5 Å². The SMILES string of the molecule is CCOC(=O)C1=C(C)N=c2s/c(=C\c3cc(Br)cc(Br)c3OCc3ccc([N+](=O)[O-])cc3)c(=O)n2[C@@H]1c1ccccc1Cl. The molecule has 5 rings (SSSR count). The fourth-order valence-corrected chi connectivity index (χ4v) is 7.28. The van der Waals surface area contributed by atoms with Crippen LogP contribution < -0.4 is 19.6 Å². The second-order valence-corrected chi connectivity index (χ2v) is 12.5. The van der Waals surface area contributed by atoms with Crippen molar-refractivity contribution in [2.45, 2.75) is 26.5 Å². The lowest BCUT2D eigenvalue weighted by molar-refractivity contribution is -0.384. The Bertz CT molecular complexity index is 1970. The number of aromatic nitrogens is 1. The summed E-state index contributed by atoms with van der Waals surface area (Å²) in [6.45, 7) is 3.72. The Kier molecular flexibility index (Phi) is 9.30. The summed E-state index contributed by atoms with van der Waals surface area (Å²) in [5.41, 5.74) is 2.21. The van der Waals surface area contributed by atoms with Crippen molar-refractivity contribution in [1.29, 1.82) is 0 Å². The minimum atomic E-state index is -0.835. The van der Waals surface area contributed by atoms with Crippen molar-refractivity contribution in [3.05, 3.63) is 132 Å². The van der Waals surface area contributed by atoms with Crippen LogP contribution in [0.25, 0.3) is 6.08 Å². The van der Waals surface area contributed by atoms with Crippen molar-refractivity contribution in [1.82, 2.24) is 4.57 Å².